The van der Waals surface area contributed by atoms with Gasteiger partial charge in [-0.15, -0.1) is 0 Å². The molecule has 2 N–H and O–H groups in total. The summed E-state index contributed by atoms with van der Waals surface area (Å²) in [5.74, 6) is 2.70. The molecule has 0 spiro atoms. The number of rotatable bonds is 5. The molecule has 1 aliphatic heterocycles. The number of carbonyl (C=O) groups excluding carboxylic acids is 1. The summed E-state index contributed by atoms with van der Waals surface area (Å²) >= 11 is 1.35. The van der Waals surface area contributed by atoms with E-state index in [-0.39, 0.29) is 0 Å². The molecule has 0 fully saturated rings. The molecular formula is C26H29N5O6S. The molecule has 1 aliphatic rings. The molecule has 2 aromatic heterocycles. The highest BCUT2D eigenvalue weighted by molar-refractivity contribution is 8.00. The van der Waals surface area contributed by atoms with Crippen molar-refractivity contribution in [2.45, 2.75) is 37.2 Å². The van der Waals surface area contributed by atoms with Gasteiger partial charge in [-0.3, -0.25) is 4.68 Å². The fourth-order valence-electron chi connectivity index (χ4n) is 4.10. The molecule has 2 aromatic carbocycles. The van der Waals surface area contributed by atoms with E-state index >= 15 is 0 Å². The Morgan fingerprint density at radius 2 is 1.97 bits per heavy atom. The summed E-state index contributed by atoms with van der Waals surface area (Å²) < 4.78 is 33.3. The molecule has 5 rings (SSSR count). The van der Waals surface area contributed by atoms with Gasteiger partial charge < -0.3 is 33.5 Å². The highest BCUT2D eigenvalue weighted by Crippen LogP contribution is 2.41. The average molecular weight is 540 g/mol. The lowest BCUT2D eigenvalue weighted by Crippen LogP contribution is -2.21. The van der Waals surface area contributed by atoms with E-state index in [2.05, 4.69) is 25.0 Å². The Labute approximate surface area is 223 Å². The number of hydrogen-bond donors (Lipinski definition) is 2. The van der Waals surface area contributed by atoms with Gasteiger partial charge in [0, 0.05) is 18.3 Å². The zero-order valence-electron chi connectivity index (χ0n) is 21.2. The quantitative estimate of drug-likeness (QED) is 0.335. The van der Waals surface area contributed by atoms with Crippen LogP contribution in [0.4, 0.5) is 10.6 Å². The van der Waals surface area contributed by atoms with Gasteiger partial charge in [-0.2, -0.15) is 5.10 Å². The van der Waals surface area contributed by atoms with Crippen LogP contribution in [-0.2, 0) is 17.8 Å². The van der Waals surface area contributed by atoms with Crippen molar-refractivity contribution < 1.29 is 28.3 Å². The lowest BCUT2D eigenvalue weighted by Gasteiger charge is -2.16. The fraction of sp³-hybridized carbons (Fsp3) is 0.346. The number of benzene rings is 2. The molecule has 4 aromatic rings. The molecule has 200 valence electrons. The number of amides is 1. The number of methoxy groups -OCH3 is 2. The summed E-state index contributed by atoms with van der Waals surface area (Å²) in [6.07, 6.45) is 5.87. The maximum absolute atomic E-state index is 11.3. The molecule has 0 radical (unpaired) electrons. The van der Waals surface area contributed by atoms with Gasteiger partial charge in [0.2, 0.25) is 0 Å². The second kappa shape index (κ2) is 12.0. The molecule has 1 amide bonds. The third kappa shape index (κ3) is 5.91. The number of anilines is 1. The van der Waals surface area contributed by atoms with Gasteiger partial charge in [0.05, 0.1) is 40.2 Å². The van der Waals surface area contributed by atoms with Crippen molar-refractivity contribution in [3.8, 4) is 17.2 Å². The van der Waals surface area contributed by atoms with Gasteiger partial charge in [-0.05, 0) is 61.0 Å². The van der Waals surface area contributed by atoms with E-state index in [1.54, 1.807) is 18.0 Å². The van der Waals surface area contributed by atoms with Gasteiger partial charge in [0.15, 0.2) is 11.4 Å². The van der Waals surface area contributed by atoms with E-state index in [0.717, 1.165) is 46.4 Å². The molecular weight excluding hydrogens is 510 g/mol. The minimum Gasteiger partial charge on any atom is -0.495 e. The van der Waals surface area contributed by atoms with E-state index in [9.17, 15) is 4.79 Å². The molecule has 0 unspecified atom stereocenters. The van der Waals surface area contributed by atoms with E-state index in [4.69, 9.17) is 18.7 Å². The third-order valence-electron chi connectivity index (χ3n) is 5.97. The minimum atomic E-state index is -0.488. The van der Waals surface area contributed by atoms with Crippen molar-refractivity contribution in [1.82, 2.24) is 20.3 Å². The van der Waals surface area contributed by atoms with Crippen molar-refractivity contribution in [3.05, 3.63) is 53.9 Å². The maximum Gasteiger partial charge on any atom is 0.407 e. The number of alkyl carbamates (subject to hydrolysis) is 1. The van der Waals surface area contributed by atoms with Crippen LogP contribution in [0, 0.1) is 0 Å². The van der Waals surface area contributed by atoms with E-state index in [1.807, 2.05) is 36.5 Å². The predicted molar refractivity (Wildman–Crippen MR) is 142 cm³/mol. The molecule has 3 heterocycles. The zero-order chi connectivity index (χ0) is 26.3. The summed E-state index contributed by atoms with van der Waals surface area (Å²) in [4.78, 5) is 12.2. The first kappa shape index (κ1) is 25.6. The van der Waals surface area contributed by atoms with Crippen LogP contribution in [0.1, 0.15) is 30.4 Å². The second-order valence-corrected chi connectivity index (χ2v) is 9.46. The summed E-state index contributed by atoms with van der Waals surface area (Å²) in [7, 11) is 2.97. The molecule has 38 heavy (non-hydrogen) atoms. The van der Waals surface area contributed by atoms with Crippen LogP contribution in [0.5, 0.6) is 17.2 Å². The maximum atomic E-state index is 11.3. The normalized spacial score (nSPS) is 13.8. The van der Waals surface area contributed by atoms with Gasteiger partial charge in [-0.25, -0.2) is 4.79 Å². The predicted octanol–water partition coefficient (Wildman–Crippen LogP) is 5.00. The number of nitrogens with zero attached hydrogens (tertiary/aromatic N) is 3. The molecule has 0 saturated carbocycles. The Morgan fingerprint density at radius 3 is 2.79 bits per heavy atom. The number of carbonyl (C=O) groups is 1. The number of aromatic nitrogens is 3. The van der Waals surface area contributed by atoms with Crippen LogP contribution in [0.25, 0.3) is 11.0 Å². The third-order valence-corrected chi connectivity index (χ3v) is 6.87. The van der Waals surface area contributed by atoms with Crippen molar-refractivity contribution in [3.63, 3.8) is 0 Å². The zero-order valence-corrected chi connectivity index (χ0v) is 22.0. The molecule has 0 atom stereocenters. The Hall–Kier alpha value is -4.06. The first-order chi connectivity index (χ1) is 18.6. The van der Waals surface area contributed by atoms with Crippen LogP contribution in [0.15, 0.2) is 52.1 Å². The Kier molecular flexibility index (Phi) is 8.07. The minimum absolute atomic E-state index is 0.327. The van der Waals surface area contributed by atoms with E-state index in [1.165, 1.54) is 19.1 Å². The van der Waals surface area contributed by atoms with Crippen LogP contribution in [0.3, 0.4) is 0 Å². The summed E-state index contributed by atoms with van der Waals surface area (Å²) in [5, 5.41) is 12.1. The number of fused-ring (bicyclic) bond motifs is 1. The van der Waals surface area contributed by atoms with Crippen LogP contribution >= 0.6 is 11.9 Å². The SMILES string of the molecule is COC(=O)NCc1cnn(Cc2cc3c4c(noc4c2)NSc2c(OC)cccc2OCCCCCO3)c1. The fourth-order valence-corrected chi connectivity index (χ4v) is 4.92. The van der Waals surface area contributed by atoms with Gasteiger partial charge >= 0.3 is 6.09 Å². The lowest BCUT2D eigenvalue weighted by atomic mass is 10.1. The molecule has 0 saturated heterocycles. The van der Waals surface area contributed by atoms with Gasteiger partial charge in [0.1, 0.15) is 27.5 Å². The van der Waals surface area contributed by atoms with E-state index < -0.39 is 6.09 Å². The summed E-state index contributed by atoms with van der Waals surface area (Å²) in [6, 6.07) is 9.67. The van der Waals surface area contributed by atoms with Gasteiger partial charge in [-0.1, -0.05) is 11.2 Å². The van der Waals surface area contributed by atoms with Crippen molar-refractivity contribution in [1.29, 1.82) is 0 Å². The largest absolute Gasteiger partial charge is 0.495 e. The number of nitrogens with one attached hydrogen (secondary N) is 2. The Bertz CT molecular complexity index is 1400. The van der Waals surface area contributed by atoms with Crippen LogP contribution in [-0.4, -0.2) is 48.5 Å². The molecule has 0 bridgehead atoms. The average Bonchev–Trinajstić information content (AvgIpc) is 3.56. The van der Waals surface area contributed by atoms with Gasteiger partial charge in [0.25, 0.3) is 0 Å². The highest BCUT2D eigenvalue weighted by Gasteiger charge is 2.19. The van der Waals surface area contributed by atoms with Crippen molar-refractivity contribution in [2.75, 3.05) is 32.2 Å². The van der Waals surface area contributed by atoms with Crippen molar-refractivity contribution in [2.24, 2.45) is 0 Å². The number of ether oxygens (including phenoxy) is 4. The smallest absolute Gasteiger partial charge is 0.407 e. The van der Waals surface area contributed by atoms with Crippen LogP contribution < -0.4 is 24.2 Å². The monoisotopic (exact) mass is 539 g/mol. The second-order valence-electron chi connectivity index (χ2n) is 8.64. The molecule has 12 heteroatoms. The first-order valence-corrected chi connectivity index (χ1v) is 13.1. The van der Waals surface area contributed by atoms with E-state index in [0.29, 0.717) is 49.2 Å². The standard InChI is InChI=1S/C26H29N5O6S/c1-33-19-7-6-8-20-24(19)38-30-25-23-21(36-10-5-3-4-9-35-20)11-17(12-22(23)37-29-25)15-31-16-18(14-28-31)13-27-26(32)34-2/h6-8,11-12,14,16H,3-5,9-10,13,15H2,1-2H3,(H,27,32)(H,29,30). The summed E-state index contributed by atoms with van der Waals surface area (Å²) in [5.41, 5.74) is 2.40. The Balaban J connectivity index is 1.41. The Morgan fingerprint density at radius 1 is 1.13 bits per heavy atom. The molecule has 11 nitrogen and oxygen atoms in total. The topological polar surface area (TPSA) is 122 Å². The molecule has 0 aliphatic carbocycles. The lowest BCUT2D eigenvalue weighted by molar-refractivity contribution is 0.170. The van der Waals surface area contributed by atoms with Crippen molar-refractivity contribution >= 4 is 34.8 Å². The summed E-state index contributed by atoms with van der Waals surface area (Å²) in [6.45, 7) is 1.99. The highest BCUT2D eigenvalue weighted by atomic mass is 32.2. The van der Waals surface area contributed by atoms with Crippen LogP contribution in [0.2, 0.25) is 0 Å². The first-order valence-electron chi connectivity index (χ1n) is 12.3. The number of hydrogen-bond acceptors (Lipinski definition) is 10.